The summed E-state index contributed by atoms with van der Waals surface area (Å²) >= 11 is 13.1. The molecule has 2 N–H and O–H groups in total. The van der Waals surface area contributed by atoms with Gasteiger partial charge < -0.3 is 10.1 Å². The maximum Gasteiger partial charge on any atom is 0.341 e. The number of carbonyl (C=O) groups is 2. The van der Waals surface area contributed by atoms with Crippen molar-refractivity contribution in [2.75, 3.05) is 11.9 Å². The standard InChI is InChI=1S/C22H19ClN2O3S2/c1-2-28-21(27)18-15-9-5-11-17(15)30-20(18)25-22(29)24-19(26)14-8-3-7-13-12(14)6-4-10-16(13)23/h3-4,6-8,10H,2,5,9,11H2,1H3,(H2,24,25,26,29). The van der Waals surface area contributed by atoms with Crippen molar-refractivity contribution in [2.24, 2.45) is 0 Å². The molecule has 2 aromatic carbocycles. The topological polar surface area (TPSA) is 67.4 Å². The van der Waals surface area contributed by atoms with E-state index >= 15 is 0 Å². The molecule has 1 amide bonds. The van der Waals surface area contributed by atoms with E-state index in [1.165, 1.54) is 16.2 Å². The van der Waals surface area contributed by atoms with Gasteiger partial charge in [-0.3, -0.25) is 10.1 Å². The van der Waals surface area contributed by atoms with Crippen LogP contribution in [0.15, 0.2) is 36.4 Å². The second-order valence-corrected chi connectivity index (χ2v) is 8.75. The van der Waals surface area contributed by atoms with Crippen molar-refractivity contribution in [3.63, 3.8) is 0 Å². The minimum atomic E-state index is -0.364. The number of fused-ring (bicyclic) bond motifs is 2. The molecule has 5 nitrogen and oxygen atoms in total. The molecule has 3 aromatic rings. The van der Waals surface area contributed by atoms with Crippen LogP contribution in [0.25, 0.3) is 10.8 Å². The Bertz CT molecular complexity index is 1170. The second kappa shape index (κ2) is 8.71. The van der Waals surface area contributed by atoms with Gasteiger partial charge in [0, 0.05) is 20.8 Å². The van der Waals surface area contributed by atoms with E-state index in [1.807, 2.05) is 12.1 Å². The number of amides is 1. The molecule has 0 fully saturated rings. The van der Waals surface area contributed by atoms with Gasteiger partial charge in [-0.05, 0) is 61.5 Å². The van der Waals surface area contributed by atoms with Crippen molar-refractivity contribution in [1.29, 1.82) is 0 Å². The number of halogens is 1. The Morgan fingerprint density at radius 2 is 1.93 bits per heavy atom. The number of benzene rings is 2. The SMILES string of the molecule is CCOC(=O)c1c(NC(=S)NC(=O)c2cccc3c(Cl)cccc23)sc2c1CCC2. The summed E-state index contributed by atoms with van der Waals surface area (Å²) in [7, 11) is 0. The summed E-state index contributed by atoms with van der Waals surface area (Å²) < 4.78 is 5.23. The Kier molecular flexibility index (Phi) is 6.04. The lowest BCUT2D eigenvalue weighted by atomic mass is 10.0. The summed E-state index contributed by atoms with van der Waals surface area (Å²) in [6, 6.07) is 10.8. The molecule has 30 heavy (non-hydrogen) atoms. The average molecular weight is 459 g/mol. The monoisotopic (exact) mass is 458 g/mol. The van der Waals surface area contributed by atoms with Crippen LogP contribution in [-0.2, 0) is 17.6 Å². The van der Waals surface area contributed by atoms with E-state index in [2.05, 4.69) is 10.6 Å². The number of rotatable bonds is 4. The zero-order chi connectivity index (χ0) is 21.3. The zero-order valence-electron chi connectivity index (χ0n) is 16.2. The van der Waals surface area contributed by atoms with E-state index in [-0.39, 0.29) is 17.0 Å². The minimum absolute atomic E-state index is 0.129. The van der Waals surface area contributed by atoms with E-state index in [1.54, 1.807) is 31.2 Å². The van der Waals surface area contributed by atoms with Gasteiger partial charge in [-0.1, -0.05) is 35.9 Å². The molecule has 0 aliphatic heterocycles. The Morgan fingerprint density at radius 3 is 2.73 bits per heavy atom. The summed E-state index contributed by atoms with van der Waals surface area (Å²) in [4.78, 5) is 26.5. The van der Waals surface area contributed by atoms with Crippen LogP contribution >= 0.6 is 35.2 Å². The molecule has 0 saturated heterocycles. The lowest BCUT2D eigenvalue weighted by Gasteiger charge is -2.12. The second-order valence-electron chi connectivity index (χ2n) is 6.83. The van der Waals surface area contributed by atoms with E-state index < -0.39 is 0 Å². The summed E-state index contributed by atoms with van der Waals surface area (Å²) in [6.07, 6.45) is 2.81. The highest BCUT2D eigenvalue weighted by Crippen LogP contribution is 2.39. The van der Waals surface area contributed by atoms with Crippen molar-refractivity contribution >= 4 is 67.9 Å². The maximum absolute atomic E-state index is 12.9. The Balaban J connectivity index is 1.56. The van der Waals surface area contributed by atoms with Crippen LogP contribution in [0.4, 0.5) is 5.00 Å². The molecular formula is C22H19ClN2O3S2. The molecule has 1 heterocycles. The molecule has 0 spiro atoms. The Morgan fingerprint density at radius 1 is 1.17 bits per heavy atom. The van der Waals surface area contributed by atoms with E-state index in [0.29, 0.717) is 27.8 Å². The number of thiophene rings is 1. The molecule has 8 heteroatoms. The molecule has 0 saturated carbocycles. The molecular weight excluding hydrogens is 440 g/mol. The third-order valence-electron chi connectivity index (χ3n) is 4.97. The third kappa shape index (κ3) is 3.93. The highest BCUT2D eigenvalue weighted by molar-refractivity contribution is 7.80. The smallest absolute Gasteiger partial charge is 0.341 e. The third-order valence-corrected chi connectivity index (χ3v) is 6.71. The predicted molar refractivity (Wildman–Crippen MR) is 125 cm³/mol. The van der Waals surface area contributed by atoms with Crippen LogP contribution in [0.2, 0.25) is 5.02 Å². The quantitative estimate of drug-likeness (QED) is 0.407. The van der Waals surface area contributed by atoms with Gasteiger partial charge in [0.25, 0.3) is 5.91 Å². The van der Waals surface area contributed by atoms with Crippen LogP contribution in [0.3, 0.4) is 0 Å². The zero-order valence-corrected chi connectivity index (χ0v) is 18.6. The number of nitrogens with one attached hydrogen (secondary N) is 2. The Hall–Kier alpha value is -2.48. The Labute approximate surface area is 188 Å². The lowest BCUT2D eigenvalue weighted by Crippen LogP contribution is -2.34. The largest absolute Gasteiger partial charge is 0.462 e. The number of ether oxygens (including phenoxy) is 1. The highest BCUT2D eigenvalue weighted by atomic mass is 35.5. The maximum atomic E-state index is 12.9. The van der Waals surface area contributed by atoms with Crippen LogP contribution in [-0.4, -0.2) is 23.6 Å². The highest BCUT2D eigenvalue weighted by Gasteiger charge is 2.28. The first-order chi connectivity index (χ1) is 14.5. The number of esters is 1. The number of hydrogen-bond acceptors (Lipinski definition) is 5. The predicted octanol–water partition coefficient (Wildman–Crippen LogP) is 5.35. The summed E-state index contributed by atoms with van der Waals surface area (Å²) in [5.74, 6) is -0.709. The van der Waals surface area contributed by atoms with Gasteiger partial charge in [0.05, 0.1) is 12.2 Å². The fourth-order valence-electron chi connectivity index (χ4n) is 3.69. The van der Waals surface area contributed by atoms with E-state index in [0.717, 1.165) is 35.6 Å². The van der Waals surface area contributed by atoms with Crippen molar-refractivity contribution in [2.45, 2.75) is 26.2 Å². The van der Waals surface area contributed by atoms with Gasteiger partial charge in [0.15, 0.2) is 5.11 Å². The number of anilines is 1. The fourth-order valence-corrected chi connectivity index (χ4v) is 5.46. The van der Waals surface area contributed by atoms with Gasteiger partial charge in [0.2, 0.25) is 0 Å². The average Bonchev–Trinajstić information content (AvgIpc) is 3.28. The number of aryl methyl sites for hydroxylation is 1. The molecule has 1 aliphatic carbocycles. The minimum Gasteiger partial charge on any atom is -0.462 e. The first-order valence-electron chi connectivity index (χ1n) is 9.60. The molecule has 1 aliphatic rings. The number of carbonyl (C=O) groups excluding carboxylic acids is 2. The summed E-state index contributed by atoms with van der Waals surface area (Å²) in [6.45, 7) is 2.08. The van der Waals surface area contributed by atoms with Crippen molar-refractivity contribution < 1.29 is 14.3 Å². The van der Waals surface area contributed by atoms with Gasteiger partial charge in [-0.25, -0.2) is 4.79 Å². The van der Waals surface area contributed by atoms with Gasteiger partial charge in [-0.2, -0.15) is 0 Å². The lowest BCUT2D eigenvalue weighted by molar-refractivity contribution is 0.0527. The van der Waals surface area contributed by atoms with Crippen LogP contribution in [0.1, 0.15) is 44.5 Å². The molecule has 0 bridgehead atoms. The summed E-state index contributed by atoms with van der Waals surface area (Å²) in [5.41, 5.74) is 2.03. The van der Waals surface area contributed by atoms with Crippen LogP contribution in [0, 0.1) is 0 Å². The van der Waals surface area contributed by atoms with Crippen molar-refractivity contribution in [1.82, 2.24) is 5.32 Å². The molecule has 0 radical (unpaired) electrons. The van der Waals surface area contributed by atoms with Crippen LogP contribution < -0.4 is 10.6 Å². The van der Waals surface area contributed by atoms with Gasteiger partial charge >= 0.3 is 5.97 Å². The summed E-state index contributed by atoms with van der Waals surface area (Å²) in [5, 5.41) is 8.61. The van der Waals surface area contributed by atoms with Crippen molar-refractivity contribution in [3.05, 3.63) is 63.0 Å². The molecule has 4 rings (SSSR count). The van der Waals surface area contributed by atoms with Gasteiger partial charge in [-0.15, -0.1) is 11.3 Å². The normalized spacial score (nSPS) is 12.5. The molecule has 154 valence electrons. The van der Waals surface area contributed by atoms with Crippen LogP contribution in [0.5, 0.6) is 0 Å². The molecule has 0 atom stereocenters. The van der Waals surface area contributed by atoms with Gasteiger partial charge in [0.1, 0.15) is 5.00 Å². The fraction of sp³-hybridized carbons (Fsp3) is 0.227. The molecule has 1 aromatic heterocycles. The van der Waals surface area contributed by atoms with Crippen molar-refractivity contribution in [3.8, 4) is 0 Å². The number of thiocarbonyl (C=S) groups is 1. The first-order valence-corrected chi connectivity index (χ1v) is 11.2. The van der Waals surface area contributed by atoms with E-state index in [4.69, 9.17) is 28.6 Å². The first kappa shape index (κ1) is 20.8. The number of hydrogen-bond donors (Lipinski definition) is 2. The van der Waals surface area contributed by atoms with E-state index in [9.17, 15) is 9.59 Å². The molecule has 0 unspecified atom stereocenters.